The van der Waals surface area contributed by atoms with E-state index in [1.807, 2.05) is 11.8 Å². The van der Waals surface area contributed by atoms with Crippen LogP contribution in [0.2, 0.25) is 0 Å². The molecule has 2 fully saturated rings. The van der Waals surface area contributed by atoms with Crippen molar-refractivity contribution in [1.29, 1.82) is 0 Å². The minimum atomic E-state index is 0.359. The van der Waals surface area contributed by atoms with Crippen LogP contribution in [0.15, 0.2) is 0 Å². The molecular formula is C14H26N2OS. The summed E-state index contributed by atoms with van der Waals surface area (Å²) in [6.45, 7) is 7.64. The standard InChI is InChI=1S/C14H26N2OS/c1-11-3-4-12(2)16(9-11)14(17)10-18-13-5-7-15-8-6-13/h11-13,15H,3-10H2,1-2H3. The maximum Gasteiger partial charge on any atom is 0.232 e. The Morgan fingerprint density at radius 3 is 2.67 bits per heavy atom. The van der Waals surface area contributed by atoms with Crippen LogP contribution in [0, 0.1) is 5.92 Å². The molecule has 3 nitrogen and oxygen atoms in total. The van der Waals surface area contributed by atoms with Gasteiger partial charge in [0.2, 0.25) is 5.91 Å². The number of thioether (sulfide) groups is 1. The molecule has 0 spiro atoms. The Morgan fingerprint density at radius 1 is 1.22 bits per heavy atom. The zero-order chi connectivity index (χ0) is 13.0. The van der Waals surface area contributed by atoms with Gasteiger partial charge in [0.05, 0.1) is 5.75 Å². The number of piperidine rings is 2. The van der Waals surface area contributed by atoms with E-state index in [0.29, 0.717) is 28.9 Å². The van der Waals surface area contributed by atoms with Gasteiger partial charge in [-0.25, -0.2) is 0 Å². The average molecular weight is 270 g/mol. The van der Waals surface area contributed by atoms with E-state index in [-0.39, 0.29) is 0 Å². The molecule has 0 saturated carbocycles. The van der Waals surface area contributed by atoms with Crippen LogP contribution in [0.5, 0.6) is 0 Å². The highest BCUT2D eigenvalue weighted by atomic mass is 32.2. The molecule has 1 amide bonds. The van der Waals surface area contributed by atoms with E-state index in [1.54, 1.807) is 0 Å². The third kappa shape index (κ3) is 3.89. The summed E-state index contributed by atoms with van der Waals surface area (Å²) in [5, 5.41) is 4.06. The molecular weight excluding hydrogens is 244 g/mol. The SMILES string of the molecule is CC1CCC(C)N(C(=O)CSC2CCNCC2)C1. The van der Waals surface area contributed by atoms with E-state index in [4.69, 9.17) is 0 Å². The van der Waals surface area contributed by atoms with Crippen molar-refractivity contribution in [3.8, 4) is 0 Å². The molecule has 2 heterocycles. The summed E-state index contributed by atoms with van der Waals surface area (Å²) in [5.74, 6) is 1.72. The lowest BCUT2D eigenvalue weighted by Crippen LogP contribution is -2.46. The Balaban J connectivity index is 1.75. The molecule has 2 unspecified atom stereocenters. The van der Waals surface area contributed by atoms with E-state index in [9.17, 15) is 4.79 Å². The van der Waals surface area contributed by atoms with Gasteiger partial charge >= 0.3 is 0 Å². The second-order valence-corrected chi connectivity index (χ2v) is 7.13. The van der Waals surface area contributed by atoms with E-state index in [1.165, 1.54) is 25.7 Å². The number of amides is 1. The summed E-state index contributed by atoms with van der Waals surface area (Å²) < 4.78 is 0. The zero-order valence-corrected chi connectivity index (χ0v) is 12.5. The largest absolute Gasteiger partial charge is 0.339 e. The van der Waals surface area contributed by atoms with Gasteiger partial charge in [0.15, 0.2) is 0 Å². The van der Waals surface area contributed by atoms with E-state index >= 15 is 0 Å². The molecule has 18 heavy (non-hydrogen) atoms. The first-order chi connectivity index (χ1) is 8.66. The summed E-state index contributed by atoms with van der Waals surface area (Å²) in [6.07, 6.45) is 4.87. The topological polar surface area (TPSA) is 32.3 Å². The van der Waals surface area contributed by atoms with Gasteiger partial charge in [-0.3, -0.25) is 4.79 Å². The smallest absolute Gasteiger partial charge is 0.232 e. The predicted molar refractivity (Wildman–Crippen MR) is 77.9 cm³/mol. The molecule has 0 radical (unpaired) electrons. The van der Waals surface area contributed by atoms with Crippen LogP contribution in [0.25, 0.3) is 0 Å². The first-order valence-electron chi connectivity index (χ1n) is 7.28. The third-order valence-electron chi connectivity index (χ3n) is 4.17. The van der Waals surface area contributed by atoms with Gasteiger partial charge in [-0.15, -0.1) is 11.8 Å². The second kappa shape index (κ2) is 6.80. The van der Waals surface area contributed by atoms with Gasteiger partial charge in [-0.05, 0) is 51.6 Å². The highest BCUT2D eigenvalue weighted by Crippen LogP contribution is 2.24. The van der Waals surface area contributed by atoms with Crippen molar-refractivity contribution in [2.24, 2.45) is 5.92 Å². The van der Waals surface area contributed by atoms with Crippen LogP contribution in [0.3, 0.4) is 0 Å². The monoisotopic (exact) mass is 270 g/mol. The van der Waals surface area contributed by atoms with Gasteiger partial charge < -0.3 is 10.2 Å². The predicted octanol–water partition coefficient (Wildman–Crippen LogP) is 2.12. The number of nitrogens with zero attached hydrogens (tertiary/aromatic N) is 1. The maximum absolute atomic E-state index is 12.3. The maximum atomic E-state index is 12.3. The van der Waals surface area contributed by atoms with Gasteiger partial charge in [-0.2, -0.15) is 0 Å². The van der Waals surface area contributed by atoms with Crippen LogP contribution in [-0.2, 0) is 4.79 Å². The fourth-order valence-corrected chi connectivity index (χ4v) is 3.98. The molecule has 2 aliphatic heterocycles. The lowest BCUT2D eigenvalue weighted by atomic mass is 9.95. The minimum Gasteiger partial charge on any atom is -0.339 e. The molecule has 4 heteroatoms. The number of likely N-dealkylation sites (tertiary alicyclic amines) is 1. The van der Waals surface area contributed by atoms with Crippen molar-refractivity contribution in [2.75, 3.05) is 25.4 Å². The van der Waals surface area contributed by atoms with Crippen molar-refractivity contribution in [1.82, 2.24) is 10.2 Å². The fourth-order valence-electron chi connectivity index (χ4n) is 2.87. The Labute approximate surface area is 115 Å². The lowest BCUT2D eigenvalue weighted by molar-refractivity contribution is -0.132. The normalized spacial score (nSPS) is 30.4. The quantitative estimate of drug-likeness (QED) is 0.852. The van der Waals surface area contributed by atoms with Crippen LogP contribution < -0.4 is 5.32 Å². The van der Waals surface area contributed by atoms with Crippen molar-refractivity contribution < 1.29 is 4.79 Å². The Bertz CT molecular complexity index is 279. The Morgan fingerprint density at radius 2 is 1.94 bits per heavy atom. The summed E-state index contributed by atoms with van der Waals surface area (Å²) in [7, 11) is 0. The highest BCUT2D eigenvalue weighted by Gasteiger charge is 2.27. The number of hydrogen-bond acceptors (Lipinski definition) is 3. The third-order valence-corrected chi connectivity index (χ3v) is 5.52. The van der Waals surface area contributed by atoms with E-state index < -0.39 is 0 Å². The van der Waals surface area contributed by atoms with E-state index in [2.05, 4.69) is 24.1 Å². The summed E-state index contributed by atoms with van der Waals surface area (Å²) in [6, 6.07) is 0.447. The molecule has 0 aromatic rings. The van der Waals surface area contributed by atoms with E-state index in [0.717, 1.165) is 19.6 Å². The Kier molecular flexibility index (Phi) is 5.37. The summed E-state index contributed by atoms with van der Waals surface area (Å²) >= 11 is 1.87. The van der Waals surface area contributed by atoms with Crippen LogP contribution in [0.4, 0.5) is 0 Å². The Hall–Kier alpha value is -0.220. The average Bonchev–Trinajstić information content (AvgIpc) is 2.40. The number of hydrogen-bond donors (Lipinski definition) is 1. The zero-order valence-electron chi connectivity index (χ0n) is 11.7. The van der Waals surface area contributed by atoms with Crippen molar-refractivity contribution in [2.45, 2.75) is 50.8 Å². The minimum absolute atomic E-state index is 0.359. The molecule has 0 aromatic carbocycles. The summed E-state index contributed by atoms with van der Waals surface area (Å²) in [5.41, 5.74) is 0. The first kappa shape index (κ1) is 14.2. The molecule has 2 aliphatic rings. The van der Waals surface area contributed by atoms with Gasteiger partial charge in [0.25, 0.3) is 0 Å². The molecule has 2 rings (SSSR count). The first-order valence-corrected chi connectivity index (χ1v) is 8.33. The number of rotatable bonds is 3. The molecule has 0 aliphatic carbocycles. The van der Waals surface area contributed by atoms with Gasteiger partial charge in [0.1, 0.15) is 0 Å². The molecule has 1 N–H and O–H groups in total. The molecule has 0 aromatic heterocycles. The summed E-state index contributed by atoms with van der Waals surface area (Å²) in [4.78, 5) is 14.4. The van der Waals surface area contributed by atoms with Crippen LogP contribution >= 0.6 is 11.8 Å². The van der Waals surface area contributed by atoms with Gasteiger partial charge in [-0.1, -0.05) is 6.92 Å². The van der Waals surface area contributed by atoms with Crippen molar-refractivity contribution in [3.63, 3.8) is 0 Å². The van der Waals surface area contributed by atoms with Crippen LogP contribution in [0.1, 0.15) is 39.5 Å². The van der Waals surface area contributed by atoms with Crippen molar-refractivity contribution >= 4 is 17.7 Å². The molecule has 2 saturated heterocycles. The second-order valence-electron chi connectivity index (χ2n) is 5.84. The number of carbonyl (C=O) groups excluding carboxylic acids is 1. The molecule has 0 bridgehead atoms. The number of carbonyl (C=O) groups is 1. The van der Waals surface area contributed by atoms with Crippen molar-refractivity contribution in [3.05, 3.63) is 0 Å². The lowest BCUT2D eigenvalue weighted by Gasteiger charge is -2.37. The molecule has 104 valence electrons. The molecule has 2 atom stereocenters. The number of nitrogens with one attached hydrogen (secondary N) is 1. The fraction of sp³-hybridized carbons (Fsp3) is 0.929. The van der Waals surface area contributed by atoms with Crippen LogP contribution in [-0.4, -0.2) is 47.5 Å². The highest BCUT2D eigenvalue weighted by molar-refractivity contribution is 8.00. The van der Waals surface area contributed by atoms with Gasteiger partial charge in [0, 0.05) is 17.8 Å².